The van der Waals surface area contributed by atoms with E-state index < -0.39 is 0 Å². The fourth-order valence-electron chi connectivity index (χ4n) is 7.75. The Labute approximate surface area is 255 Å². The molecule has 0 saturated heterocycles. The van der Waals surface area contributed by atoms with Gasteiger partial charge in [-0.25, -0.2) is 9.97 Å². The second-order valence-corrected chi connectivity index (χ2v) is 13.1. The number of aromatic nitrogens is 2. The quantitative estimate of drug-likeness (QED) is 0.211. The van der Waals surface area contributed by atoms with Gasteiger partial charge in [-0.05, 0) is 52.3 Å². The number of thiophene rings is 1. The molecule has 7 aromatic rings. The van der Waals surface area contributed by atoms with E-state index >= 15 is 0 Å². The molecular formula is C40H30N2S. The molecule has 9 rings (SSSR count). The smallest absolute Gasteiger partial charge is 0.160 e. The van der Waals surface area contributed by atoms with Crippen molar-refractivity contribution in [2.24, 2.45) is 0 Å². The first-order valence-corrected chi connectivity index (χ1v) is 16.2. The summed E-state index contributed by atoms with van der Waals surface area (Å²) < 4.78 is 2.38. The molecule has 2 heterocycles. The molecule has 3 heteroatoms. The van der Waals surface area contributed by atoms with Crippen LogP contribution in [0.1, 0.15) is 43.2 Å². The summed E-state index contributed by atoms with van der Waals surface area (Å²) in [4.78, 5) is 10.3. The molecule has 5 aromatic carbocycles. The van der Waals surface area contributed by atoms with Gasteiger partial charge in [0.2, 0.25) is 0 Å². The lowest BCUT2D eigenvalue weighted by atomic mass is 9.68. The highest BCUT2D eigenvalue weighted by molar-refractivity contribution is 7.26. The standard InChI is InChI=1S/C40H30N2S/c1-3-12-27(13-4-1)36-38-37(31-15-6-8-19-34(31)43-38)42-39(41-36)28-22-20-26(21-23-28)29-16-11-18-33-35(29)30-14-5-7-17-32(30)40(33)24-9-2-10-25-40/h1,3-8,11-23H,2,9-10,24-25H2. The zero-order chi connectivity index (χ0) is 28.4. The average molecular weight is 571 g/mol. The molecule has 43 heavy (non-hydrogen) atoms. The van der Waals surface area contributed by atoms with E-state index in [-0.39, 0.29) is 5.41 Å². The Hall–Kier alpha value is -4.60. The number of benzene rings is 5. The van der Waals surface area contributed by atoms with Crippen molar-refractivity contribution in [1.82, 2.24) is 9.97 Å². The Morgan fingerprint density at radius 1 is 0.535 bits per heavy atom. The van der Waals surface area contributed by atoms with Crippen LogP contribution < -0.4 is 0 Å². The lowest BCUT2D eigenvalue weighted by molar-refractivity contribution is 0.353. The van der Waals surface area contributed by atoms with E-state index in [1.807, 2.05) is 0 Å². The third kappa shape index (κ3) is 3.78. The summed E-state index contributed by atoms with van der Waals surface area (Å²) in [6.45, 7) is 0. The summed E-state index contributed by atoms with van der Waals surface area (Å²) >= 11 is 1.78. The van der Waals surface area contributed by atoms with Gasteiger partial charge in [-0.1, -0.05) is 135 Å². The zero-order valence-electron chi connectivity index (χ0n) is 23.9. The molecule has 1 spiro atoms. The number of rotatable bonds is 3. The zero-order valence-corrected chi connectivity index (χ0v) is 24.7. The number of hydrogen-bond donors (Lipinski definition) is 0. The molecule has 0 unspecified atom stereocenters. The van der Waals surface area contributed by atoms with Gasteiger partial charge in [-0.3, -0.25) is 0 Å². The lowest BCUT2D eigenvalue weighted by Crippen LogP contribution is -2.27. The molecular weight excluding hydrogens is 541 g/mol. The summed E-state index contributed by atoms with van der Waals surface area (Å²) in [5, 5.41) is 1.19. The van der Waals surface area contributed by atoms with Crippen LogP contribution in [0.5, 0.6) is 0 Å². The van der Waals surface area contributed by atoms with Gasteiger partial charge in [0.1, 0.15) is 0 Å². The minimum Gasteiger partial charge on any atom is -0.226 e. The third-order valence-corrected chi connectivity index (χ3v) is 10.9. The summed E-state index contributed by atoms with van der Waals surface area (Å²) in [6, 6.07) is 44.1. The maximum absolute atomic E-state index is 5.18. The Morgan fingerprint density at radius 2 is 1.23 bits per heavy atom. The molecule has 1 saturated carbocycles. The minimum atomic E-state index is 0.167. The van der Waals surface area contributed by atoms with Gasteiger partial charge in [0.25, 0.3) is 0 Å². The van der Waals surface area contributed by atoms with Crippen LogP contribution in [0, 0.1) is 0 Å². The van der Waals surface area contributed by atoms with Crippen molar-refractivity contribution in [3.63, 3.8) is 0 Å². The number of hydrogen-bond acceptors (Lipinski definition) is 3. The minimum absolute atomic E-state index is 0.167. The van der Waals surface area contributed by atoms with Crippen molar-refractivity contribution in [3.8, 4) is 44.9 Å². The second-order valence-electron chi connectivity index (χ2n) is 12.0. The molecule has 0 aliphatic heterocycles. The Bertz CT molecular complexity index is 2150. The highest BCUT2D eigenvalue weighted by Gasteiger charge is 2.44. The molecule has 2 nitrogen and oxygen atoms in total. The summed E-state index contributed by atoms with van der Waals surface area (Å²) in [7, 11) is 0. The summed E-state index contributed by atoms with van der Waals surface area (Å²) in [5.74, 6) is 0.770. The van der Waals surface area contributed by atoms with Crippen LogP contribution in [-0.2, 0) is 5.41 Å². The maximum atomic E-state index is 5.18. The molecule has 206 valence electrons. The lowest BCUT2D eigenvalue weighted by Gasteiger charge is -2.36. The van der Waals surface area contributed by atoms with Crippen LogP contribution in [-0.4, -0.2) is 9.97 Å². The van der Waals surface area contributed by atoms with Crippen LogP contribution in [0.25, 0.3) is 65.2 Å². The van der Waals surface area contributed by atoms with Gasteiger partial charge in [0.05, 0.1) is 15.9 Å². The van der Waals surface area contributed by atoms with Gasteiger partial charge in [-0.15, -0.1) is 11.3 Å². The van der Waals surface area contributed by atoms with E-state index in [2.05, 4.69) is 121 Å². The van der Waals surface area contributed by atoms with E-state index in [9.17, 15) is 0 Å². The predicted octanol–water partition coefficient (Wildman–Crippen LogP) is 11.1. The van der Waals surface area contributed by atoms with Gasteiger partial charge >= 0.3 is 0 Å². The van der Waals surface area contributed by atoms with Crippen LogP contribution in [0.15, 0.2) is 121 Å². The van der Waals surface area contributed by atoms with Crippen molar-refractivity contribution in [2.75, 3.05) is 0 Å². The third-order valence-electron chi connectivity index (χ3n) is 9.72. The molecule has 0 N–H and O–H groups in total. The van der Waals surface area contributed by atoms with Crippen LogP contribution in [0.2, 0.25) is 0 Å². The highest BCUT2D eigenvalue weighted by Crippen LogP contribution is 2.57. The van der Waals surface area contributed by atoms with Crippen LogP contribution in [0.4, 0.5) is 0 Å². The molecule has 2 aromatic heterocycles. The number of fused-ring (bicyclic) bond motifs is 8. The fraction of sp³-hybridized carbons (Fsp3) is 0.150. The van der Waals surface area contributed by atoms with Crippen molar-refractivity contribution in [3.05, 3.63) is 132 Å². The number of nitrogens with zero attached hydrogens (tertiary/aromatic N) is 2. The van der Waals surface area contributed by atoms with Crippen molar-refractivity contribution in [1.29, 1.82) is 0 Å². The largest absolute Gasteiger partial charge is 0.226 e. The van der Waals surface area contributed by atoms with E-state index in [4.69, 9.17) is 9.97 Å². The van der Waals surface area contributed by atoms with Crippen molar-refractivity contribution < 1.29 is 0 Å². The molecule has 1 fully saturated rings. The van der Waals surface area contributed by atoms with E-state index in [1.165, 1.54) is 75.6 Å². The Balaban J connectivity index is 1.19. The summed E-state index contributed by atoms with van der Waals surface area (Å²) in [5.41, 5.74) is 12.8. The summed E-state index contributed by atoms with van der Waals surface area (Å²) in [6.07, 6.45) is 6.46. The predicted molar refractivity (Wildman–Crippen MR) is 181 cm³/mol. The average Bonchev–Trinajstić information content (AvgIpc) is 3.59. The Kier molecular flexibility index (Phi) is 5.64. The monoisotopic (exact) mass is 570 g/mol. The molecule has 2 aliphatic carbocycles. The molecule has 0 radical (unpaired) electrons. The van der Waals surface area contributed by atoms with E-state index in [0.717, 1.165) is 32.9 Å². The molecule has 2 aliphatic rings. The van der Waals surface area contributed by atoms with Gasteiger partial charge in [0.15, 0.2) is 5.82 Å². The van der Waals surface area contributed by atoms with Crippen LogP contribution in [0.3, 0.4) is 0 Å². The van der Waals surface area contributed by atoms with Gasteiger partial charge < -0.3 is 0 Å². The van der Waals surface area contributed by atoms with Gasteiger partial charge in [0, 0.05) is 26.6 Å². The molecule has 0 bridgehead atoms. The molecule has 0 amide bonds. The van der Waals surface area contributed by atoms with E-state index in [0.29, 0.717) is 0 Å². The fourth-order valence-corrected chi connectivity index (χ4v) is 8.90. The Morgan fingerprint density at radius 3 is 2.09 bits per heavy atom. The van der Waals surface area contributed by atoms with E-state index in [1.54, 1.807) is 11.3 Å². The van der Waals surface area contributed by atoms with Crippen molar-refractivity contribution in [2.45, 2.75) is 37.5 Å². The topological polar surface area (TPSA) is 25.8 Å². The first kappa shape index (κ1) is 24.9. The van der Waals surface area contributed by atoms with Crippen molar-refractivity contribution >= 4 is 31.6 Å². The van der Waals surface area contributed by atoms with Crippen LogP contribution >= 0.6 is 11.3 Å². The van der Waals surface area contributed by atoms with Gasteiger partial charge in [-0.2, -0.15) is 0 Å². The molecule has 0 atom stereocenters. The SMILES string of the molecule is c1ccc(-c2nc(-c3ccc(-c4cccc5c4-c4ccccc4C54CCCCC4)cc3)nc3c2sc2ccccc23)cc1. The maximum Gasteiger partial charge on any atom is 0.160 e. The highest BCUT2D eigenvalue weighted by atomic mass is 32.1. The second kappa shape index (κ2) is 9.72. The normalized spacial score (nSPS) is 15.2. The first-order chi connectivity index (χ1) is 21.3. The first-order valence-electron chi connectivity index (χ1n) is 15.4.